The summed E-state index contributed by atoms with van der Waals surface area (Å²) in [4.78, 5) is 21.4. The van der Waals surface area contributed by atoms with Gasteiger partial charge >= 0.3 is 0 Å². The summed E-state index contributed by atoms with van der Waals surface area (Å²) in [7, 11) is -3.85. The van der Waals surface area contributed by atoms with Gasteiger partial charge in [0.1, 0.15) is 0 Å². The second-order valence-corrected chi connectivity index (χ2v) is 9.01. The van der Waals surface area contributed by atoms with Gasteiger partial charge in [-0.2, -0.15) is 13.5 Å². The van der Waals surface area contributed by atoms with Crippen LogP contribution in [0.25, 0.3) is 0 Å². The zero-order chi connectivity index (χ0) is 20.9. The van der Waals surface area contributed by atoms with Gasteiger partial charge in [0.25, 0.3) is 15.7 Å². The Balaban J connectivity index is 1.78. The largest absolute Gasteiger partial charge is 0.283 e. The van der Waals surface area contributed by atoms with Crippen molar-refractivity contribution in [1.82, 2.24) is 14.8 Å². The molecule has 3 rings (SSSR count). The highest BCUT2D eigenvalue weighted by Gasteiger charge is 2.17. The maximum atomic E-state index is 12.2. The average Bonchev–Trinajstić information content (AvgIpc) is 2.70. The van der Waals surface area contributed by atoms with E-state index in [1.165, 1.54) is 30.5 Å². The van der Waals surface area contributed by atoms with Crippen molar-refractivity contribution in [2.75, 3.05) is 0 Å². The lowest BCUT2D eigenvalue weighted by atomic mass is 10.2. The van der Waals surface area contributed by atoms with Crippen LogP contribution in [0.15, 0.2) is 85.4 Å². The molecule has 3 aromatic rings. The molecule has 1 N–H and O–H groups in total. The number of halogens is 1. The molecule has 0 spiro atoms. The van der Waals surface area contributed by atoms with E-state index < -0.39 is 14.9 Å². The zero-order valence-electron chi connectivity index (χ0n) is 14.5. The van der Waals surface area contributed by atoms with Crippen LogP contribution < -0.4 is 4.83 Å². The SMILES string of the molecule is O=[N+]([O-])c1cc(/C=N\NS(=O)(=O)c2ccc(Br)cc2)ccc1Sc1ncccn1. The lowest BCUT2D eigenvalue weighted by molar-refractivity contribution is -0.387. The number of aromatic nitrogens is 2. The van der Waals surface area contributed by atoms with Crippen LogP contribution in [0.1, 0.15) is 5.56 Å². The van der Waals surface area contributed by atoms with Gasteiger partial charge < -0.3 is 0 Å². The van der Waals surface area contributed by atoms with Gasteiger partial charge in [-0.15, -0.1) is 0 Å². The van der Waals surface area contributed by atoms with Crippen molar-refractivity contribution in [3.05, 3.63) is 81.1 Å². The summed E-state index contributed by atoms with van der Waals surface area (Å²) in [5.74, 6) is 0. The van der Waals surface area contributed by atoms with Crippen molar-refractivity contribution in [2.24, 2.45) is 5.10 Å². The molecular formula is C17H12BrN5O4S2. The lowest BCUT2D eigenvalue weighted by Crippen LogP contribution is -2.18. The van der Waals surface area contributed by atoms with Crippen LogP contribution in [0.4, 0.5) is 5.69 Å². The topological polar surface area (TPSA) is 127 Å². The summed E-state index contributed by atoms with van der Waals surface area (Å²) in [5.41, 5.74) is 0.190. The number of hydrogen-bond acceptors (Lipinski definition) is 8. The molecule has 0 unspecified atom stereocenters. The maximum absolute atomic E-state index is 12.2. The number of benzene rings is 2. The van der Waals surface area contributed by atoms with Crippen molar-refractivity contribution in [1.29, 1.82) is 0 Å². The Kier molecular flexibility index (Phi) is 6.56. The van der Waals surface area contributed by atoms with Crippen LogP contribution in [0.2, 0.25) is 0 Å². The number of hydrogen-bond donors (Lipinski definition) is 1. The van der Waals surface area contributed by atoms with E-state index in [-0.39, 0.29) is 10.6 Å². The summed E-state index contributed by atoms with van der Waals surface area (Å²) >= 11 is 4.29. The van der Waals surface area contributed by atoms with E-state index in [2.05, 4.69) is 35.8 Å². The minimum atomic E-state index is -3.85. The van der Waals surface area contributed by atoms with Crippen molar-refractivity contribution in [3.63, 3.8) is 0 Å². The van der Waals surface area contributed by atoms with Crippen molar-refractivity contribution in [2.45, 2.75) is 14.9 Å². The number of sulfonamides is 1. The Labute approximate surface area is 178 Å². The Bertz CT molecular complexity index is 1160. The minimum Gasteiger partial charge on any atom is -0.258 e. The number of nitro groups is 1. The molecule has 0 aliphatic rings. The zero-order valence-corrected chi connectivity index (χ0v) is 17.7. The highest BCUT2D eigenvalue weighted by Crippen LogP contribution is 2.33. The highest BCUT2D eigenvalue weighted by molar-refractivity contribution is 9.10. The van der Waals surface area contributed by atoms with E-state index in [0.29, 0.717) is 15.6 Å². The molecule has 1 heterocycles. The molecule has 0 amide bonds. The second kappa shape index (κ2) is 9.11. The van der Waals surface area contributed by atoms with Crippen molar-refractivity contribution < 1.29 is 13.3 Å². The quantitative estimate of drug-likeness (QED) is 0.230. The first-order chi connectivity index (χ1) is 13.8. The van der Waals surface area contributed by atoms with E-state index in [9.17, 15) is 18.5 Å². The van der Waals surface area contributed by atoms with Crippen LogP contribution in [-0.2, 0) is 10.0 Å². The summed E-state index contributed by atoms with van der Waals surface area (Å²) in [6.07, 6.45) is 4.27. The molecule has 0 radical (unpaired) electrons. The van der Waals surface area contributed by atoms with E-state index >= 15 is 0 Å². The van der Waals surface area contributed by atoms with E-state index in [4.69, 9.17) is 0 Å². The van der Waals surface area contributed by atoms with Gasteiger partial charge in [0.2, 0.25) is 0 Å². The van der Waals surface area contributed by atoms with E-state index in [1.54, 1.807) is 36.7 Å². The van der Waals surface area contributed by atoms with Crippen LogP contribution >= 0.6 is 27.7 Å². The lowest BCUT2D eigenvalue weighted by Gasteiger charge is -2.04. The van der Waals surface area contributed by atoms with E-state index in [0.717, 1.165) is 16.2 Å². The number of nitro benzene ring substituents is 1. The van der Waals surface area contributed by atoms with Gasteiger partial charge in [-0.05, 0) is 48.2 Å². The average molecular weight is 494 g/mol. The predicted molar refractivity (Wildman–Crippen MR) is 111 cm³/mol. The first kappa shape index (κ1) is 20.9. The number of nitrogens with one attached hydrogen (secondary N) is 1. The van der Waals surface area contributed by atoms with Gasteiger partial charge in [0.05, 0.1) is 20.9 Å². The molecule has 2 aromatic carbocycles. The summed E-state index contributed by atoms with van der Waals surface area (Å²) in [5, 5.41) is 15.5. The summed E-state index contributed by atoms with van der Waals surface area (Å²) in [6.45, 7) is 0. The third-order valence-corrected chi connectivity index (χ3v) is 6.16. The molecule has 148 valence electrons. The summed E-state index contributed by atoms with van der Waals surface area (Å²) in [6, 6.07) is 12.1. The first-order valence-electron chi connectivity index (χ1n) is 7.89. The highest BCUT2D eigenvalue weighted by atomic mass is 79.9. The fourth-order valence-electron chi connectivity index (χ4n) is 2.12. The molecule has 0 aliphatic heterocycles. The molecular weight excluding hydrogens is 482 g/mol. The first-order valence-corrected chi connectivity index (χ1v) is 11.0. The van der Waals surface area contributed by atoms with Crippen LogP contribution in [0.3, 0.4) is 0 Å². The smallest absolute Gasteiger partial charge is 0.258 e. The molecule has 1 aromatic heterocycles. The third-order valence-electron chi connectivity index (χ3n) is 3.43. The number of nitrogens with zero attached hydrogens (tertiary/aromatic N) is 4. The standard InChI is InChI=1S/C17H12BrN5O4S2/c18-13-3-5-14(6-4-13)29(26,27)22-21-11-12-2-7-16(15(10-12)23(24)25)28-17-19-8-1-9-20-17/h1-11,22H/b21-11-. The molecule has 0 atom stereocenters. The molecule has 0 bridgehead atoms. The number of rotatable bonds is 7. The second-order valence-electron chi connectivity index (χ2n) is 5.42. The Morgan fingerprint density at radius 2 is 1.83 bits per heavy atom. The van der Waals surface area contributed by atoms with Crippen LogP contribution in [-0.4, -0.2) is 29.5 Å². The van der Waals surface area contributed by atoms with Gasteiger partial charge in [-0.1, -0.05) is 22.0 Å². The predicted octanol–water partition coefficient (Wildman–Crippen LogP) is 3.61. The normalized spacial score (nSPS) is 11.5. The molecule has 29 heavy (non-hydrogen) atoms. The Hall–Kier alpha value is -2.83. The minimum absolute atomic E-state index is 0.0402. The van der Waals surface area contributed by atoms with Crippen LogP contribution in [0.5, 0.6) is 0 Å². The molecule has 9 nitrogen and oxygen atoms in total. The van der Waals surface area contributed by atoms with Gasteiger partial charge in [0.15, 0.2) is 5.16 Å². The van der Waals surface area contributed by atoms with Crippen LogP contribution in [0, 0.1) is 10.1 Å². The van der Waals surface area contributed by atoms with Gasteiger partial charge in [-0.3, -0.25) is 10.1 Å². The summed E-state index contributed by atoms with van der Waals surface area (Å²) < 4.78 is 25.1. The monoisotopic (exact) mass is 493 g/mol. The Morgan fingerprint density at radius 3 is 2.48 bits per heavy atom. The fraction of sp³-hybridized carbons (Fsp3) is 0. The molecule has 0 fully saturated rings. The van der Waals surface area contributed by atoms with Crippen molar-refractivity contribution in [3.8, 4) is 0 Å². The molecule has 12 heteroatoms. The molecule has 0 aliphatic carbocycles. The molecule has 0 saturated heterocycles. The third kappa shape index (κ3) is 5.59. The van der Waals surface area contributed by atoms with E-state index in [1.807, 2.05) is 0 Å². The maximum Gasteiger partial charge on any atom is 0.283 e. The van der Waals surface area contributed by atoms with Gasteiger partial charge in [-0.25, -0.2) is 14.8 Å². The van der Waals surface area contributed by atoms with Gasteiger partial charge in [0, 0.05) is 28.5 Å². The Morgan fingerprint density at radius 1 is 1.14 bits per heavy atom. The fourth-order valence-corrected chi connectivity index (χ4v) is 3.97. The van der Waals surface area contributed by atoms with Crippen molar-refractivity contribution >= 4 is 49.6 Å². The number of hydrazone groups is 1. The molecule has 0 saturated carbocycles.